The van der Waals surface area contributed by atoms with Crippen molar-refractivity contribution in [3.63, 3.8) is 0 Å². The fraction of sp³-hybridized carbons (Fsp3) is 0.583. The van der Waals surface area contributed by atoms with Gasteiger partial charge in [0.15, 0.2) is 0 Å². The molecule has 0 fully saturated rings. The zero-order chi connectivity index (χ0) is 23.4. The van der Waals surface area contributed by atoms with Gasteiger partial charge in [-0.2, -0.15) is 0 Å². The summed E-state index contributed by atoms with van der Waals surface area (Å²) in [6, 6.07) is 0. The third kappa shape index (κ3) is 10.5. The Balaban J connectivity index is 6.18. The molecule has 0 aromatic heterocycles. The number of halogens is 2. The molecule has 0 saturated heterocycles. The third-order valence-electron chi connectivity index (χ3n) is 4.60. The molecule has 0 radical (unpaired) electrons. The van der Waals surface area contributed by atoms with E-state index in [0.29, 0.717) is 17.0 Å². The van der Waals surface area contributed by atoms with E-state index < -0.39 is 19.0 Å². The Hall–Kier alpha value is -2.24. The van der Waals surface area contributed by atoms with Crippen LogP contribution in [0, 0.1) is 17.8 Å². The van der Waals surface area contributed by atoms with Crippen molar-refractivity contribution in [2.75, 3.05) is 6.61 Å². The SMILES string of the molecule is CCC(=N/C(=C(/OCC(F)F)C(C)\C(C)=C/C=C/C(C)=C/C(=O)O)C(C)C)C(C)C. The van der Waals surface area contributed by atoms with Crippen LogP contribution in [0.3, 0.4) is 0 Å². The molecule has 4 nitrogen and oxygen atoms in total. The van der Waals surface area contributed by atoms with Crippen LogP contribution in [0.4, 0.5) is 8.78 Å². The van der Waals surface area contributed by atoms with Gasteiger partial charge in [-0.05, 0) is 37.7 Å². The van der Waals surface area contributed by atoms with E-state index in [2.05, 4.69) is 13.8 Å². The van der Waals surface area contributed by atoms with Gasteiger partial charge < -0.3 is 9.84 Å². The first-order valence-corrected chi connectivity index (χ1v) is 10.4. The molecule has 0 aliphatic carbocycles. The van der Waals surface area contributed by atoms with Gasteiger partial charge in [0.05, 0.1) is 5.70 Å². The minimum Gasteiger partial charge on any atom is -0.489 e. The molecule has 0 saturated carbocycles. The Bertz CT molecular complexity index is 714. The summed E-state index contributed by atoms with van der Waals surface area (Å²) in [5.74, 6) is -0.558. The predicted molar refractivity (Wildman–Crippen MR) is 120 cm³/mol. The van der Waals surface area contributed by atoms with E-state index >= 15 is 0 Å². The number of hydrogen-bond donors (Lipinski definition) is 1. The van der Waals surface area contributed by atoms with Crippen molar-refractivity contribution in [2.24, 2.45) is 22.7 Å². The average Bonchev–Trinajstić information content (AvgIpc) is 2.62. The van der Waals surface area contributed by atoms with Crippen LogP contribution >= 0.6 is 0 Å². The van der Waals surface area contributed by atoms with E-state index in [-0.39, 0.29) is 17.8 Å². The number of carboxylic acid groups (broad SMARTS) is 1. The minimum absolute atomic E-state index is 0.00417. The van der Waals surface area contributed by atoms with Crippen molar-refractivity contribution in [3.8, 4) is 0 Å². The molecule has 0 spiro atoms. The van der Waals surface area contributed by atoms with E-state index in [1.54, 1.807) is 19.1 Å². The standard InChI is InChI=1S/C24H37F2NO3/c1-9-20(15(2)3)27-23(16(4)5)24(30-14-21(25)26)19(8)18(7)12-10-11-17(6)13-22(28)29/h10-13,15-16,19,21H,9,14H2,1-8H3,(H,28,29)/b11-10+,17-13+,18-12-,24-23+,27-20?. The van der Waals surface area contributed by atoms with Crippen molar-refractivity contribution >= 4 is 11.7 Å². The Labute approximate surface area is 180 Å². The number of aliphatic imine (C=N–C) groups is 1. The van der Waals surface area contributed by atoms with E-state index in [1.165, 1.54) is 0 Å². The van der Waals surface area contributed by atoms with Gasteiger partial charge in [0.2, 0.25) is 0 Å². The lowest BCUT2D eigenvalue weighted by molar-refractivity contribution is -0.131. The number of alkyl halides is 2. The third-order valence-corrected chi connectivity index (χ3v) is 4.60. The maximum atomic E-state index is 12.9. The highest BCUT2D eigenvalue weighted by atomic mass is 19.3. The first-order chi connectivity index (χ1) is 13.9. The van der Waals surface area contributed by atoms with Crippen molar-refractivity contribution in [1.29, 1.82) is 0 Å². The van der Waals surface area contributed by atoms with E-state index in [9.17, 15) is 13.6 Å². The van der Waals surface area contributed by atoms with E-state index in [0.717, 1.165) is 23.8 Å². The summed E-state index contributed by atoms with van der Waals surface area (Å²) in [7, 11) is 0. The van der Waals surface area contributed by atoms with Crippen LogP contribution in [0.25, 0.3) is 0 Å². The molecule has 1 N–H and O–H groups in total. The molecule has 0 aliphatic heterocycles. The van der Waals surface area contributed by atoms with Crippen molar-refractivity contribution in [3.05, 3.63) is 46.9 Å². The predicted octanol–water partition coefficient (Wildman–Crippen LogP) is 6.81. The number of ether oxygens (including phenoxy) is 1. The Morgan fingerprint density at radius 1 is 1.10 bits per heavy atom. The second-order valence-electron chi connectivity index (χ2n) is 7.94. The molecule has 0 bridgehead atoms. The highest BCUT2D eigenvalue weighted by Gasteiger charge is 2.22. The van der Waals surface area contributed by atoms with Crippen molar-refractivity contribution in [2.45, 2.75) is 68.2 Å². The van der Waals surface area contributed by atoms with Crippen LogP contribution in [0.15, 0.2) is 51.9 Å². The largest absolute Gasteiger partial charge is 0.489 e. The topological polar surface area (TPSA) is 58.9 Å². The number of allylic oxidation sites excluding steroid dienone is 6. The van der Waals surface area contributed by atoms with Crippen molar-refractivity contribution < 1.29 is 23.4 Å². The molecule has 6 heteroatoms. The summed E-state index contributed by atoms with van der Waals surface area (Å²) in [6.45, 7) is 14.9. The zero-order valence-corrected chi connectivity index (χ0v) is 19.5. The van der Waals surface area contributed by atoms with Gasteiger partial charge in [0, 0.05) is 17.7 Å². The van der Waals surface area contributed by atoms with Gasteiger partial charge in [-0.25, -0.2) is 13.6 Å². The Kier molecular flexibility index (Phi) is 12.8. The van der Waals surface area contributed by atoms with Gasteiger partial charge in [0.1, 0.15) is 12.4 Å². The normalized spacial score (nSPS) is 16.0. The molecule has 30 heavy (non-hydrogen) atoms. The molecular formula is C24H37F2NO3. The molecule has 1 unspecified atom stereocenters. The highest BCUT2D eigenvalue weighted by Crippen LogP contribution is 2.30. The van der Waals surface area contributed by atoms with E-state index in [1.807, 2.05) is 40.7 Å². The summed E-state index contributed by atoms with van der Waals surface area (Å²) in [5.41, 5.74) is 3.18. The number of hydrogen-bond acceptors (Lipinski definition) is 3. The van der Waals surface area contributed by atoms with E-state index in [4.69, 9.17) is 14.8 Å². The summed E-state index contributed by atoms with van der Waals surface area (Å²) < 4.78 is 31.4. The molecular weight excluding hydrogens is 388 g/mol. The van der Waals surface area contributed by atoms with Crippen LogP contribution in [0.2, 0.25) is 0 Å². The molecule has 0 rings (SSSR count). The second-order valence-corrected chi connectivity index (χ2v) is 7.94. The maximum Gasteiger partial charge on any atom is 0.328 e. The summed E-state index contributed by atoms with van der Waals surface area (Å²) in [5, 5.41) is 8.78. The molecule has 0 amide bonds. The molecule has 170 valence electrons. The van der Waals surface area contributed by atoms with Crippen LogP contribution < -0.4 is 0 Å². The molecule has 1 atom stereocenters. The first-order valence-electron chi connectivity index (χ1n) is 10.4. The number of aliphatic carboxylic acids is 1. The fourth-order valence-corrected chi connectivity index (χ4v) is 2.76. The van der Waals surface area contributed by atoms with Crippen LogP contribution in [0.1, 0.15) is 61.8 Å². The van der Waals surface area contributed by atoms with Gasteiger partial charge in [-0.1, -0.05) is 65.3 Å². The maximum absolute atomic E-state index is 12.9. The summed E-state index contributed by atoms with van der Waals surface area (Å²) in [6.07, 6.45) is 4.58. The number of nitrogens with zero attached hydrogens (tertiary/aromatic N) is 1. The minimum atomic E-state index is -2.58. The summed E-state index contributed by atoms with van der Waals surface area (Å²) in [4.78, 5) is 15.5. The van der Waals surface area contributed by atoms with Gasteiger partial charge in [0.25, 0.3) is 6.43 Å². The smallest absolute Gasteiger partial charge is 0.328 e. The molecule has 0 aromatic rings. The first kappa shape index (κ1) is 27.8. The highest BCUT2D eigenvalue weighted by molar-refractivity contribution is 5.86. The number of carboxylic acids is 1. The number of carbonyl (C=O) groups is 1. The Morgan fingerprint density at radius 3 is 2.13 bits per heavy atom. The van der Waals surface area contributed by atoms with Crippen molar-refractivity contribution in [1.82, 2.24) is 0 Å². The van der Waals surface area contributed by atoms with Gasteiger partial charge in [-0.3, -0.25) is 4.99 Å². The van der Waals surface area contributed by atoms with Gasteiger partial charge in [-0.15, -0.1) is 0 Å². The lowest BCUT2D eigenvalue weighted by Crippen LogP contribution is -2.16. The monoisotopic (exact) mass is 425 g/mol. The Morgan fingerprint density at radius 2 is 1.70 bits per heavy atom. The zero-order valence-electron chi connectivity index (χ0n) is 19.5. The molecule has 0 aliphatic rings. The summed E-state index contributed by atoms with van der Waals surface area (Å²) >= 11 is 0. The lowest BCUT2D eigenvalue weighted by atomic mass is 9.95. The molecule has 0 heterocycles. The fourth-order valence-electron chi connectivity index (χ4n) is 2.76. The average molecular weight is 426 g/mol. The lowest BCUT2D eigenvalue weighted by Gasteiger charge is -2.23. The van der Waals surface area contributed by atoms with Crippen LogP contribution in [-0.4, -0.2) is 29.8 Å². The van der Waals surface area contributed by atoms with Crippen LogP contribution in [0.5, 0.6) is 0 Å². The number of rotatable bonds is 12. The second kappa shape index (κ2) is 13.9. The van der Waals surface area contributed by atoms with Gasteiger partial charge >= 0.3 is 5.97 Å². The molecule has 0 aromatic carbocycles. The van der Waals surface area contributed by atoms with Crippen LogP contribution in [-0.2, 0) is 9.53 Å². The quantitative estimate of drug-likeness (QED) is 0.162.